The molecular weight excluding hydrogens is 870 g/mol. The minimum Gasteiger partial charge on any atom is -0.462 e. The number of nitrogens with zero attached hydrogens (tertiary/aromatic N) is 7. The molecule has 6 aromatic rings. The number of imidazole rings is 2. The zero-order chi connectivity index (χ0) is 46.6. The summed E-state index contributed by atoms with van der Waals surface area (Å²) in [5.41, 5.74) is 4.31. The maximum absolute atomic E-state index is 16.8. The smallest absolute Gasteiger partial charge is 0.407 e. The van der Waals surface area contributed by atoms with Gasteiger partial charge in [-0.15, -0.1) is 10.2 Å². The predicted molar refractivity (Wildman–Crippen MR) is 242 cm³/mol. The van der Waals surface area contributed by atoms with E-state index in [0.717, 1.165) is 40.0 Å². The Morgan fingerprint density at radius 2 is 1.38 bits per heavy atom. The number of rotatable bonds is 11. The molecule has 9 rings (SSSR count). The van der Waals surface area contributed by atoms with E-state index >= 15 is 4.39 Å². The van der Waals surface area contributed by atoms with E-state index in [2.05, 4.69) is 35.8 Å². The van der Waals surface area contributed by atoms with Crippen molar-refractivity contribution in [1.29, 1.82) is 0 Å². The number of carbonyl (C=O) groups is 4. The lowest BCUT2D eigenvalue weighted by Crippen LogP contribution is -2.51. The quantitative estimate of drug-likeness (QED) is 0.100. The summed E-state index contributed by atoms with van der Waals surface area (Å²) in [7, 11) is 2.53. The van der Waals surface area contributed by atoms with Gasteiger partial charge in [0, 0.05) is 29.6 Å². The number of benzene rings is 2. The fraction of sp³-hybridized carbons (Fsp3) is 0.435. The molecule has 2 aromatic carbocycles. The minimum absolute atomic E-state index is 0.158. The average Bonchev–Trinajstić information content (AvgIpc) is 4.16. The average molecular weight is 922 g/mol. The normalized spacial score (nSPS) is 18.8. The first-order chi connectivity index (χ1) is 31.7. The summed E-state index contributed by atoms with van der Waals surface area (Å²) >= 11 is 1.39. The maximum atomic E-state index is 16.8. The van der Waals surface area contributed by atoms with E-state index in [1.165, 1.54) is 31.6 Å². The lowest BCUT2D eigenvalue weighted by atomic mass is 10.0. The number of ether oxygens (including phenoxy) is 3. The number of hydrogen-bond acceptors (Lipinski definition) is 12. The van der Waals surface area contributed by atoms with Crippen molar-refractivity contribution in [3.8, 4) is 39.5 Å². The van der Waals surface area contributed by atoms with Gasteiger partial charge in [0.05, 0.1) is 66.9 Å². The first-order valence-corrected chi connectivity index (χ1v) is 22.9. The first-order valence-electron chi connectivity index (χ1n) is 22.1. The minimum atomic E-state index is -0.779. The fourth-order valence-electron chi connectivity index (χ4n) is 9.36. The van der Waals surface area contributed by atoms with Crippen molar-refractivity contribution in [1.82, 2.24) is 55.1 Å². The molecule has 2 fully saturated rings. The molecule has 0 aliphatic carbocycles. The van der Waals surface area contributed by atoms with Gasteiger partial charge in [-0.05, 0) is 74.8 Å². The van der Waals surface area contributed by atoms with Gasteiger partial charge in [-0.25, -0.2) is 23.9 Å². The van der Waals surface area contributed by atoms with Crippen LogP contribution in [0.3, 0.4) is 0 Å². The fourth-order valence-corrected chi connectivity index (χ4v) is 10.1. The van der Waals surface area contributed by atoms with Crippen molar-refractivity contribution in [3.63, 3.8) is 0 Å². The molecule has 0 radical (unpaired) electrons. The molecule has 5 atom stereocenters. The van der Waals surface area contributed by atoms with Crippen LogP contribution in [0.4, 0.5) is 14.0 Å². The molecule has 2 unspecified atom stereocenters. The van der Waals surface area contributed by atoms with Crippen LogP contribution in [0, 0.1) is 24.6 Å². The lowest BCUT2D eigenvalue weighted by Gasteiger charge is -2.30. The zero-order valence-electron chi connectivity index (χ0n) is 37.7. The molecule has 3 aliphatic heterocycles. The number of aryl methyl sites for hydroxylation is 1. The highest BCUT2D eigenvalue weighted by atomic mass is 32.1. The summed E-state index contributed by atoms with van der Waals surface area (Å²) in [6.07, 6.45) is 4.20. The predicted octanol–water partition coefficient (Wildman–Crippen LogP) is 7.42. The molecule has 20 heteroatoms. The van der Waals surface area contributed by atoms with Gasteiger partial charge >= 0.3 is 12.2 Å². The van der Waals surface area contributed by atoms with E-state index < -0.39 is 36.3 Å². The van der Waals surface area contributed by atoms with Gasteiger partial charge in [0.25, 0.3) is 0 Å². The number of likely N-dealkylation sites (tertiary alicyclic amines) is 2. The number of halogens is 1. The molecule has 7 heterocycles. The van der Waals surface area contributed by atoms with Crippen LogP contribution in [0.2, 0.25) is 0 Å². The third-order valence-corrected chi connectivity index (χ3v) is 13.5. The van der Waals surface area contributed by atoms with Crippen LogP contribution >= 0.6 is 11.3 Å². The summed E-state index contributed by atoms with van der Waals surface area (Å²) in [4.78, 5) is 71.4. The Morgan fingerprint density at radius 1 is 0.803 bits per heavy atom. The molecule has 66 heavy (non-hydrogen) atoms. The van der Waals surface area contributed by atoms with Gasteiger partial charge in [-0.2, -0.15) is 0 Å². The van der Waals surface area contributed by atoms with E-state index in [1.54, 1.807) is 28.3 Å². The molecule has 0 bridgehead atoms. The van der Waals surface area contributed by atoms with E-state index in [1.807, 2.05) is 63.5 Å². The molecule has 4 N–H and O–H groups in total. The summed E-state index contributed by atoms with van der Waals surface area (Å²) in [6.45, 7) is 10.4. The Kier molecular flexibility index (Phi) is 12.0. The second-order valence-electron chi connectivity index (χ2n) is 17.6. The van der Waals surface area contributed by atoms with Gasteiger partial charge in [-0.3, -0.25) is 14.2 Å². The van der Waals surface area contributed by atoms with Crippen molar-refractivity contribution < 1.29 is 37.8 Å². The van der Waals surface area contributed by atoms with Crippen molar-refractivity contribution in [3.05, 3.63) is 76.3 Å². The molecule has 18 nitrogen and oxygen atoms in total. The standard InChI is InChI=1S/C46H52FN11O7S/c1-22(2)37(52-45(61)63-6)42(59)56-14-8-10-32(56)39-48-20-29(50-39)25-12-13-31-27(16-25)18-34-36-28(47)17-26(19-35(36)65-44(58(31)34)41-55-54-24(5)66-41)30-21-49-40(51-30)33-11-9-15-57(33)43(60)38(23(3)4)53-46(62)64-7/h12-13,16-23,32-33,37-38,44H,8-11,14-15H2,1-7H3,(H,48,50)(H,49,51)(H,52,61)(H,53,62)/t32-,33-,37?,38-,44?/m1/s1. The maximum Gasteiger partial charge on any atom is 0.407 e. The molecule has 4 aromatic heterocycles. The van der Waals surface area contributed by atoms with E-state index in [9.17, 15) is 19.2 Å². The summed E-state index contributed by atoms with van der Waals surface area (Å²) in [5, 5.41) is 16.3. The Morgan fingerprint density at radius 3 is 1.91 bits per heavy atom. The Balaban J connectivity index is 1.02. The van der Waals surface area contributed by atoms with Crippen molar-refractivity contribution in [2.75, 3.05) is 27.3 Å². The van der Waals surface area contributed by atoms with E-state index in [4.69, 9.17) is 19.2 Å². The second-order valence-corrected chi connectivity index (χ2v) is 18.8. The van der Waals surface area contributed by atoms with Crippen LogP contribution in [0.5, 0.6) is 5.75 Å². The monoisotopic (exact) mass is 921 g/mol. The number of H-pyrrole nitrogens is 2. The van der Waals surface area contributed by atoms with Crippen LogP contribution in [0.25, 0.3) is 44.7 Å². The highest BCUT2D eigenvalue weighted by molar-refractivity contribution is 7.11. The summed E-state index contributed by atoms with van der Waals surface area (Å²) < 4.78 is 35.0. The second kappa shape index (κ2) is 17.9. The highest BCUT2D eigenvalue weighted by Crippen LogP contribution is 2.48. The van der Waals surface area contributed by atoms with Crippen LogP contribution in [-0.4, -0.2) is 108 Å². The van der Waals surface area contributed by atoms with Crippen molar-refractivity contribution >= 4 is 46.2 Å². The lowest BCUT2D eigenvalue weighted by molar-refractivity contribution is -0.136. The molecule has 3 aliphatic rings. The van der Waals surface area contributed by atoms with Gasteiger partial charge in [0.15, 0.2) is 5.01 Å². The molecule has 2 saturated heterocycles. The number of methoxy groups -OCH3 is 2. The topological polar surface area (TPSA) is 215 Å². The van der Waals surface area contributed by atoms with Crippen molar-refractivity contribution in [2.45, 2.75) is 90.7 Å². The van der Waals surface area contributed by atoms with Crippen LogP contribution in [-0.2, 0) is 19.1 Å². The van der Waals surface area contributed by atoms with Gasteiger partial charge in [0.1, 0.15) is 40.3 Å². The molecular formula is C46H52FN11O7S. The van der Waals surface area contributed by atoms with E-state index in [-0.39, 0.29) is 41.3 Å². The first kappa shape index (κ1) is 44.4. The number of alkyl carbamates (subject to hydrolysis) is 2. The van der Waals surface area contributed by atoms with Crippen molar-refractivity contribution in [2.24, 2.45) is 11.8 Å². The number of aromatic amines is 2. The number of amides is 4. The third kappa shape index (κ3) is 8.11. The highest BCUT2D eigenvalue weighted by Gasteiger charge is 2.40. The zero-order valence-corrected chi connectivity index (χ0v) is 38.5. The van der Waals surface area contributed by atoms with E-state index in [0.29, 0.717) is 65.3 Å². The number of carbonyl (C=O) groups excluding carboxylic acids is 4. The Labute approximate surface area is 383 Å². The summed E-state index contributed by atoms with van der Waals surface area (Å²) in [5.74, 6) is 0.255. The summed E-state index contributed by atoms with van der Waals surface area (Å²) in [6, 6.07) is 8.92. The number of nitrogens with one attached hydrogen (secondary N) is 4. The molecule has 0 saturated carbocycles. The SMILES string of the molecule is COC(=O)NC(C(=O)N1CCC[C@@H]1c1ncc(-c2ccc3c(c2)cc2n3C(c3nnc(C)s3)Oc3cc(-c4cnc([C@H]5CCCN5C(=O)[C@H](NC(=O)OC)C(C)C)[nH]4)cc(F)c3-2)[nH]1)C(C)C. The third-order valence-electron chi connectivity index (χ3n) is 12.7. The number of aromatic nitrogens is 7. The van der Waals surface area contributed by atoms with Gasteiger partial charge in [-0.1, -0.05) is 45.1 Å². The number of fused-ring (bicyclic) bond motifs is 5. The van der Waals surface area contributed by atoms with Crippen LogP contribution in [0.1, 0.15) is 93.4 Å². The van der Waals surface area contributed by atoms with Gasteiger partial charge < -0.3 is 44.6 Å². The largest absolute Gasteiger partial charge is 0.462 e. The number of hydrogen-bond donors (Lipinski definition) is 4. The molecule has 346 valence electrons. The Hall–Kier alpha value is -6.83. The Bertz CT molecular complexity index is 2830. The van der Waals surface area contributed by atoms with Crippen LogP contribution in [0.15, 0.2) is 48.8 Å². The molecule has 4 amide bonds. The van der Waals surface area contributed by atoms with Crippen LogP contribution < -0.4 is 15.4 Å². The molecule has 0 spiro atoms. The van der Waals surface area contributed by atoms with Gasteiger partial charge in [0.2, 0.25) is 18.0 Å².